The SMILES string of the molecule is Cc1ccc(C2=C(N3CCC(Cc4ccccc4)CC3)C(=O)N(c3cccc(C)c3)C2=O)cc1. The Morgan fingerprint density at radius 1 is 0.765 bits per heavy atom. The van der Waals surface area contributed by atoms with E-state index in [0.29, 0.717) is 22.9 Å². The Morgan fingerprint density at radius 2 is 1.47 bits per heavy atom. The highest BCUT2D eigenvalue weighted by atomic mass is 16.2. The predicted octanol–water partition coefficient (Wildman–Crippen LogP) is 5.54. The molecule has 2 amide bonds. The molecule has 34 heavy (non-hydrogen) atoms. The minimum Gasteiger partial charge on any atom is -0.366 e. The van der Waals surface area contributed by atoms with Crippen molar-refractivity contribution in [2.24, 2.45) is 5.92 Å². The molecule has 3 aromatic carbocycles. The molecule has 1 fully saturated rings. The fourth-order valence-corrected chi connectivity index (χ4v) is 5.10. The molecule has 0 spiro atoms. The minimum absolute atomic E-state index is 0.215. The molecule has 0 bridgehead atoms. The molecule has 2 aliphatic rings. The van der Waals surface area contributed by atoms with Gasteiger partial charge < -0.3 is 4.90 Å². The maximum atomic E-state index is 13.8. The molecule has 0 aliphatic carbocycles. The predicted molar refractivity (Wildman–Crippen MR) is 136 cm³/mol. The lowest BCUT2D eigenvalue weighted by atomic mass is 9.89. The molecule has 172 valence electrons. The number of anilines is 1. The van der Waals surface area contributed by atoms with Crippen molar-refractivity contribution in [3.8, 4) is 0 Å². The molecule has 0 aromatic heterocycles. The van der Waals surface area contributed by atoms with E-state index in [1.54, 1.807) is 0 Å². The van der Waals surface area contributed by atoms with Crippen LogP contribution in [0, 0.1) is 19.8 Å². The second kappa shape index (κ2) is 9.30. The summed E-state index contributed by atoms with van der Waals surface area (Å²) in [6.07, 6.45) is 3.07. The largest absolute Gasteiger partial charge is 0.366 e. The van der Waals surface area contributed by atoms with Crippen LogP contribution < -0.4 is 4.90 Å². The lowest BCUT2D eigenvalue weighted by Gasteiger charge is -2.34. The Balaban J connectivity index is 1.45. The Kier molecular flexibility index (Phi) is 6.06. The van der Waals surface area contributed by atoms with Crippen molar-refractivity contribution in [1.82, 2.24) is 4.90 Å². The standard InChI is InChI=1S/C30H30N2O2/c1-21-11-13-25(14-12-21)27-28(30(34)32(29(27)33)26-10-6-7-22(2)19-26)31-17-15-24(16-18-31)20-23-8-4-3-5-9-23/h3-14,19,24H,15-18,20H2,1-2H3. The topological polar surface area (TPSA) is 40.6 Å². The number of rotatable bonds is 5. The number of aryl methyl sites for hydroxylation is 2. The molecule has 0 unspecified atom stereocenters. The van der Waals surface area contributed by atoms with Gasteiger partial charge in [0.2, 0.25) is 0 Å². The van der Waals surface area contributed by atoms with E-state index in [0.717, 1.165) is 49.0 Å². The van der Waals surface area contributed by atoms with Gasteiger partial charge in [0.1, 0.15) is 5.70 Å². The van der Waals surface area contributed by atoms with E-state index >= 15 is 0 Å². The number of carbonyl (C=O) groups is 2. The first-order chi connectivity index (χ1) is 16.5. The number of nitrogens with zero attached hydrogens (tertiary/aromatic N) is 2. The maximum absolute atomic E-state index is 13.8. The van der Waals surface area contributed by atoms with Crippen LogP contribution in [-0.4, -0.2) is 29.8 Å². The summed E-state index contributed by atoms with van der Waals surface area (Å²) in [6, 6.07) is 26.1. The number of hydrogen-bond acceptors (Lipinski definition) is 3. The van der Waals surface area contributed by atoms with Crippen molar-refractivity contribution in [2.45, 2.75) is 33.1 Å². The number of piperidine rings is 1. The zero-order valence-electron chi connectivity index (χ0n) is 19.8. The van der Waals surface area contributed by atoms with E-state index in [4.69, 9.17) is 0 Å². The highest BCUT2D eigenvalue weighted by Crippen LogP contribution is 2.37. The third-order valence-corrected chi connectivity index (χ3v) is 6.96. The van der Waals surface area contributed by atoms with Gasteiger partial charge in [-0.2, -0.15) is 0 Å². The van der Waals surface area contributed by atoms with E-state index in [2.05, 4.69) is 29.2 Å². The second-order valence-electron chi connectivity index (χ2n) is 9.49. The Labute approximate surface area is 201 Å². The van der Waals surface area contributed by atoms with E-state index in [9.17, 15) is 9.59 Å². The molecule has 4 heteroatoms. The summed E-state index contributed by atoms with van der Waals surface area (Å²) >= 11 is 0. The fourth-order valence-electron chi connectivity index (χ4n) is 5.10. The van der Waals surface area contributed by atoms with Crippen LogP contribution in [0.2, 0.25) is 0 Å². The van der Waals surface area contributed by atoms with Gasteiger partial charge >= 0.3 is 0 Å². The second-order valence-corrected chi connectivity index (χ2v) is 9.49. The van der Waals surface area contributed by atoms with Crippen LogP contribution >= 0.6 is 0 Å². The smallest absolute Gasteiger partial charge is 0.282 e. The quantitative estimate of drug-likeness (QED) is 0.479. The summed E-state index contributed by atoms with van der Waals surface area (Å²) in [6.45, 7) is 5.56. The minimum atomic E-state index is -0.235. The Morgan fingerprint density at radius 3 is 2.15 bits per heavy atom. The summed E-state index contributed by atoms with van der Waals surface area (Å²) < 4.78 is 0. The molecule has 3 aromatic rings. The summed E-state index contributed by atoms with van der Waals surface area (Å²) in [5.41, 5.74) is 6.01. The van der Waals surface area contributed by atoms with Gasteiger partial charge in [-0.15, -0.1) is 0 Å². The Hall–Kier alpha value is -3.66. The Bertz CT molecular complexity index is 1240. The third kappa shape index (κ3) is 4.28. The summed E-state index contributed by atoms with van der Waals surface area (Å²) in [5, 5.41) is 0. The zero-order valence-corrected chi connectivity index (χ0v) is 19.8. The number of amides is 2. The number of imide groups is 1. The molecule has 0 atom stereocenters. The maximum Gasteiger partial charge on any atom is 0.282 e. The van der Waals surface area contributed by atoms with E-state index < -0.39 is 0 Å². The number of likely N-dealkylation sites (tertiary alicyclic amines) is 1. The van der Waals surface area contributed by atoms with Crippen LogP contribution in [0.4, 0.5) is 5.69 Å². The van der Waals surface area contributed by atoms with E-state index in [1.165, 1.54) is 10.5 Å². The summed E-state index contributed by atoms with van der Waals surface area (Å²) in [5.74, 6) is 0.135. The highest BCUT2D eigenvalue weighted by molar-refractivity contribution is 6.45. The van der Waals surface area contributed by atoms with Crippen LogP contribution in [-0.2, 0) is 16.0 Å². The van der Waals surface area contributed by atoms with Gasteiger partial charge in [-0.3, -0.25) is 9.59 Å². The van der Waals surface area contributed by atoms with Gasteiger partial charge in [0, 0.05) is 13.1 Å². The highest BCUT2D eigenvalue weighted by Gasteiger charge is 2.43. The number of hydrogen-bond donors (Lipinski definition) is 0. The lowest BCUT2D eigenvalue weighted by molar-refractivity contribution is -0.120. The van der Waals surface area contributed by atoms with Crippen LogP contribution in [0.15, 0.2) is 84.6 Å². The van der Waals surface area contributed by atoms with Crippen LogP contribution in [0.1, 0.15) is 35.1 Å². The zero-order chi connectivity index (χ0) is 23.7. The number of carbonyl (C=O) groups excluding carboxylic acids is 2. The first-order valence-electron chi connectivity index (χ1n) is 12.1. The van der Waals surface area contributed by atoms with Crippen molar-refractivity contribution in [3.05, 3.63) is 107 Å². The molecule has 2 aliphatic heterocycles. The van der Waals surface area contributed by atoms with Crippen LogP contribution in [0.25, 0.3) is 5.57 Å². The molecule has 5 rings (SSSR count). The van der Waals surface area contributed by atoms with Crippen LogP contribution in [0.3, 0.4) is 0 Å². The van der Waals surface area contributed by atoms with Crippen molar-refractivity contribution in [3.63, 3.8) is 0 Å². The van der Waals surface area contributed by atoms with Gasteiger partial charge in [-0.25, -0.2) is 4.90 Å². The van der Waals surface area contributed by atoms with E-state index in [1.807, 2.05) is 68.4 Å². The molecule has 0 N–H and O–H groups in total. The first kappa shape index (κ1) is 22.1. The average Bonchev–Trinajstić information content (AvgIpc) is 3.10. The molecule has 0 radical (unpaired) electrons. The van der Waals surface area contributed by atoms with Crippen molar-refractivity contribution in [1.29, 1.82) is 0 Å². The van der Waals surface area contributed by atoms with Crippen molar-refractivity contribution >= 4 is 23.1 Å². The molecule has 0 saturated carbocycles. The van der Waals surface area contributed by atoms with Gasteiger partial charge in [-0.05, 0) is 67.9 Å². The fraction of sp³-hybridized carbons (Fsp3) is 0.267. The molecular formula is C30H30N2O2. The third-order valence-electron chi connectivity index (χ3n) is 6.96. The average molecular weight is 451 g/mol. The molecule has 4 nitrogen and oxygen atoms in total. The normalized spacial score (nSPS) is 17.1. The molecular weight excluding hydrogens is 420 g/mol. The monoisotopic (exact) mass is 450 g/mol. The molecule has 1 saturated heterocycles. The van der Waals surface area contributed by atoms with Gasteiger partial charge in [-0.1, -0.05) is 72.3 Å². The van der Waals surface area contributed by atoms with Gasteiger partial charge in [0.15, 0.2) is 0 Å². The summed E-state index contributed by atoms with van der Waals surface area (Å²) in [4.78, 5) is 30.9. The number of benzene rings is 3. The van der Waals surface area contributed by atoms with E-state index in [-0.39, 0.29) is 11.8 Å². The summed E-state index contributed by atoms with van der Waals surface area (Å²) in [7, 11) is 0. The van der Waals surface area contributed by atoms with Crippen LogP contribution in [0.5, 0.6) is 0 Å². The van der Waals surface area contributed by atoms with Crippen molar-refractivity contribution < 1.29 is 9.59 Å². The first-order valence-corrected chi connectivity index (χ1v) is 12.1. The van der Waals surface area contributed by atoms with Crippen molar-refractivity contribution in [2.75, 3.05) is 18.0 Å². The van der Waals surface area contributed by atoms with Gasteiger partial charge in [0.05, 0.1) is 11.3 Å². The lowest BCUT2D eigenvalue weighted by Crippen LogP contribution is -2.39. The van der Waals surface area contributed by atoms with Gasteiger partial charge in [0.25, 0.3) is 11.8 Å². The molecule has 2 heterocycles.